The van der Waals surface area contributed by atoms with Gasteiger partial charge in [-0.15, -0.1) is 0 Å². The molecule has 0 aromatic heterocycles. The summed E-state index contributed by atoms with van der Waals surface area (Å²) in [6.45, 7) is 6.19. The fourth-order valence-corrected chi connectivity index (χ4v) is 4.38. The molecule has 3 aromatic carbocycles. The zero-order valence-electron chi connectivity index (χ0n) is 17.2. The molecule has 0 aliphatic heterocycles. The first-order valence-electron chi connectivity index (χ1n) is 9.41. The Bertz CT molecular complexity index is 1220. The molecule has 0 aliphatic carbocycles. The summed E-state index contributed by atoms with van der Waals surface area (Å²) in [7, 11) is -4.10. The van der Waals surface area contributed by atoms with E-state index >= 15 is 0 Å². The Labute approximate surface area is 180 Å². The highest BCUT2D eigenvalue weighted by atomic mass is 32.2. The minimum atomic E-state index is -4.10. The van der Waals surface area contributed by atoms with Crippen LogP contribution in [-0.2, 0) is 15.3 Å². The monoisotopic (exact) mass is 439 g/mol. The number of nitro benzene ring substituents is 1. The van der Waals surface area contributed by atoms with Gasteiger partial charge in [-0.1, -0.05) is 45.0 Å². The van der Waals surface area contributed by atoms with E-state index in [0.29, 0.717) is 5.75 Å². The van der Waals surface area contributed by atoms with Crippen molar-refractivity contribution >= 4 is 21.5 Å². The molecule has 0 spiro atoms. The Balaban J connectivity index is 1.92. The summed E-state index contributed by atoms with van der Waals surface area (Å²) in [6.07, 6.45) is 0. The van der Waals surface area contributed by atoms with Crippen LogP contribution in [0.1, 0.15) is 36.7 Å². The van der Waals surface area contributed by atoms with Gasteiger partial charge in [0.25, 0.3) is 5.69 Å². The summed E-state index contributed by atoms with van der Waals surface area (Å²) in [5.74, 6) is -0.523. The van der Waals surface area contributed by atoms with E-state index in [-0.39, 0.29) is 26.5 Å². The van der Waals surface area contributed by atoms with Gasteiger partial charge in [0.1, 0.15) is 5.75 Å². The Morgan fingerprint density at radius 2 is 1.48 bits per heavy atom. The van der Waals surface area contributed by atoms with Gasteiger partial charge in [0, 0.05) is 12.1 Å². The highest BCUT2D eigenvalue weighted by molar-refractivity contribution is 7.91. The number of nitrogens with zero attached hydrogens (tertiary/aromatic N) is 1. The van der Waals surface area contributed by atoms with Gasteiger partial charge in [-0.25, -0.2) is 13.2 Å². The van der Waals surface area contributed by atoms with Crippen molar-refractivity contribution in [2.24, 2.45) is 0 Å². The Morgan fingerprint density at radius 3 is 2.03 bits per heavy atom. The van der Waals surface area contributed by atoms with Gasteiger partial charge < -0.3 is 4.74 Å². The van der Waals surface area contributed by atoms with Gasteiger partial charge in [0.15, 0.2) is 0 Å². The average Bonchev–Trinajstić information content (AvgIpc) is 2.73. The van der Waals surface area contributed by atoms with Crippen LogP contribution in [-0.4, -0.2) is 19.3 Å². The van der Waals surface area contributed by atoms with Gasteiger partial charge >= 0.3 is 5.97 Å². The Morgan fingerprint density at radius 1 is 0.903 bits per heavy atom. The fourth-order valence-electron chi connectivity index (χ4n) is 2.93. The maximum absolute atomic E-state index is 13.1. The van der Waals surface area contributed by atoms with Gasteiger partial charge in [-0.3, -0.25) is 10.1 Å². The maximum atomic E-state index is 13.1. The number of carbonyl (C=O) groups excluding carboxylic acids is 1. The molecule has 0 unspecified atom stereocenters. The molecule has 0 bridgehead atoms. The third-order valence-electron chi connectivity index (χ3n) is 4.69. The Hall–Kier alpha value is -3.52. The molecule has 0 atom stereocenters. The van der Waals surface area contributed by atoms with Gasteiger partial charge in [-0.05, 0) is 47.4 Å². The van der Waals surface area contributed by atoms with Crippen molar-refractivity contribution < 1.29 is 22.9 Å². The number of benzene rings is 3. The number of esters is 1. The van der Waals surface area contributed by atoms with Crippen LogP contribution < -0.4 is 4.74 Å². The number of hydrogen-bond acceptors (Lipinski definition) is 6. The smallest absolute Gasteiger partial charge is 0.344 e. The molecular weight excluding hydrogens is 418 g/mol. The second kappa shape index (κ2) is 8.31. The summed E-state index contributed by atoms with van der Waals surface area (Å²) in [6, 6.07) is 17.2. The molecule has 0 N–H and O–H groups in total. The topological polar surface area (TPSA) is 104 Å². The molecule has 31 heavy (non-hydrogen) atoms. The SMILES string of the molecule is CC(C)(C)c1ccc(OC(=O)c2ccccc2S(=O)(=O)c2ccc([N+](=O)[O-])cc2)cc1. The number of hydrogen-bond donors (Lipinski definition) is 0. The molecule has 3 rings (SSSR count). The summed E-state index contributed by atoms with van der Waals surface area (Å²) in [5, 5.41) is 10.8. The lowest BCUT2D eigenvalue weighted by atomic mass is 9.87. The summed E-state index contributed by atoms with van der Waals surface area (Å²) < 4.78 is 31.5. The predicted molar refractivity (Wildman–Crippen MR) is 115 cm³/mol. The van der Waals surface area contributed by atoms with Gasteiger partial charge in [0.2, 0.25) is 9.84 Å². The molecule has 0 amide bonds. The van der Waals surface area contributed by atoms with Crippen molar-refractivity contribution in [2.45, 2.75) is 36.0 Å². The number of non-ortho nitro benzene ring substituents is 1. The second-order valence-electron chi connectivity index (χ2n) is 7.91. The molecule has 0 heterocycles. The first-order valence-corrected chi connectivity index (χ1v) is 10.9. The minimum Gasteiger partial charge on any atom is -0.423 e. The van der Waals surface area contributed by atoms with Crippen LogP contribution in [0, 0.1) is 10.1 Å². The molecule has 0 saturated heterocycles. The van der Waals surface area contributed by atoms with Crippen molar-refractivity contribution in [1.29, 1.82) is 0 Å². The second-order valence-corrected chi connectivity index (χ2v) is 9.83. The third-order valence-corrected chi connectivity index (χ3v) is 6.51. The van der Waals surface area contributed by atoms with E-state index in [1.165, 1.54) is 24.3 Å². The van der Waals surface area contributed by atoms with Crippen LogP contribution >= 0.6 is 0 Å². The van der Waals surface area contributed by atoms with Crippen molar-refractivity contribution in [2.75, 3.05) is 0 Å². The first kappa shape index (κ1) is 22.2. The quantitative estimate of drug-likeness (QED) is 0.241. The van der Waals surface area contributed by atoms with Crippen LogP contribution in [0.15, 0.2) is 82.6 Å². The summed E-state index contributed by atoms with van der Waals surface area (Å²) in [4.78, 5) is 22.6. The number of carbonyl (C=O) groups is 1. The molecule has 0 aliphatic rings. The van der Waals surface area contributed by atoms with Crippen molar-refractivity contribution in [3.8, 4) is 5.75 Å². The summed E-state index contributed by atoms with van der Waals surface area (Å²) >= 11 is 0. The van der Waals surface area contributed by atoms with E-state index in [9.17, 15) is 23.3 Å². The van der Waals surface area contributed by atoms with E-state index in [1.807, 2.05) is 12.1 Å². The van der Waals surface area contributed by atoms with Gasteiger partial charge in [0.05, 0.1) is 20.3 Å². The maximum Gasteiger partial charge on any atom is 0.344 e. The van der Waals surface area contributed by atoms with E-state index < -0.39 is 20.7 Å². The summed E-state index contributed by atoms with van der Waals surface area (Å²) in [5.41, 5.74) is 0.646. The van der Waals surface area contributed by atoms with E-state index in [0.717, 1.165) is 29.8 Å². The molecule has 3 aromatic rings. The number of sulfone groups is 1. The predicted octanol–water partition coefficient (Wildman–Crippen LogP) is 4.94. The van der Waals surface area contributed by atoms with E-state index in [4.69, 9.17) is 4.74 Å². The largest absolute Gasteiger partial charge is 0.423 e. The van der Waals surface area contributed by atoms with Crippen LogP contribution in [0.4, 0.5) is 5.69 Å². The molecule has 8 heteroatoms. The van der Waals surface area contributed by atoms with E-state index in [2.05, 4.69) is 20.8 Å². The van der Waals surface area contributed by atoms with Crippen LogP contribution in [0.3, 0.4) is 0 Å². The van der Waals surface area contributed by atoms with Crippen LogP contribution in [0.25, 0.3) is 0 Å². The molecule has 7 nitrogen and oxygen atoms in total. The molecule has 0 saturated carbocycles. The minimum absolute atomic E-state index is 0.0615. The van der Waals surface area contributed by atoms with Crippen LogP contribution in [0.5, 0.6) is 5.75 Å². The number of nitro groups is 1. The normalized spacial score (nSPS) is 11.7. The van der Waals surface area contributed by atoms with Crippen molar-refractivity contribution in [3.05, 3.63) is 94.0 Å². The lowest BCUT2D eigenvalue weighted by molar-refractivity contribution is -0.384. The highest BCUT2D eigenvalue weighted by Crippen LogP contribution is 2.28. The van der Waals surface area contributed by atoms with E-state index in [1.54, 1.807) is 12.1 Å². The lowest BCUT2D eigenvalue weighted by Gasteiger charge is -2.19. The first-order chi connectivity index (χ1) is 14.5. The zero-order valence-corrected chi connectivity index (χ0v) is 18.0. The zero-order chi connectivity index (χ0) is 22.8. The molecule has 0 fully saturated rings. The van der Waals surface area contributed by atoms with Crippen molar-refractivity contribution in [3.63, 3.8) is 0 Å². The third kappa shape index (κ3) is 4.80. The highest BCUT2D eigenvalue weighted by Gasteiger charge is 2.26. The molecule has 160 valence electrons. The number of ether oxygens (including phenoxy) is 1. The molecule has 0 radical (unpaired) electrons. The molecular formula is C23H21NO6S. The Kier molecular flexibility index (Phi) is 5.94. The number of rotatable bonds is 5. The lowest BCUT2D eigenvalue weighted by Crippen LogP contribution is -2.15. The fraction of sp³-hybridized carbons (Fsp3) is 0.174. The standard InChI is InChI=1S/C23H21NO6S/c1-23(2,3)16-8-12-18(13-9-16)30-22(25)20-6-4-5-7-21(20)31(28,29)19-14-10-17(11-15-19)24(26)27/h4-15H,1-3H3. The van der Waals surface area contributed by atoms with Crippen molar-refractivity contribution in [1.82, 2.24) is 0 Å². The van der Waals surface area contributed by atoms with Gasteiger partial charge in [-0.2, -0.15) is 0 Å². The van der Waals surface area contributed by atoms with Crippen LogP contribution in [0.2, 0.25) is 0 Å². The average molecular weight is 439 g/mol.